The summed E-state index contributed by atoms with van der Waals surface area (Å²) in [6.45, 7) is 5.07. The van der Waals surface area contributed by atoms with E-state index >= 15 is 17.6 Å². The molecule has 6 fully saturated rings. The molecule has 3 aromatic carbocycles. The molecule has 1 aliphatic carbocycles. The summed E-state index contributed by atoms with van der Waals surface area (Å²) in [7, 11) is 0. The van der Waals surface area contributed by atoms with Gasteiger partial charge in [0.1, 0.15) is 34.6 Å². The lowest BCUT2D eigenvalue weighted by molar-refractivity contribution is -0.136. The lowest BCUT2D eigenvalue weighted by Crippen LogP contribution is -2.52. The Hall–Kier alpha value is -6.42. The van der Waals surface area contributed by atoms with Crippen LogP contribution >= 0.6 is 0 Å². The number of aromatic nitrogens is 3. The van der Waals surface area contributed by atoms with Crippen LogP contribution in [0.1, 0.15) is 90.8 Å². The summed E-state index contributed by atoms with van der Waals surface area (Å²) < 4.78 is 70.7. The number of benzene rings is 3. The van der Waals surface area contributed by atoms with Crippen molar-refractivity contribution in [3.05, 3.63) is 82.5 Å². The maximum atomic E-state index is 17.1. The second kappa shape index (κ2) is 18.0. The van der Waals surface area contributed by atoms with Gasteiger partial charge in [-0.3, -0.25) is 29.6 Å². The zero-order valence-corrected chi connectivity index (χ0v) is 39.7. The number of ether oxygens (including phenoxy) is 1. The third-order valence-electron chi connectivity index (χ3n) is 16.5. The standard InChI is InChI=1S/C54H55F4N9O5/c1-2-37-42(55)8-4-32-20-36(68)21-39(45(32)37)47-46(56)48-40(22-59-47)49(66-25-34-5-6-35(26-66)60-34)63-52(62-48)72-29-53(14-15-53)27-64-16-11-30(12-17-64)23-65-18-13-41(54(57,58)28-65)31-3-7-38-33(19-31)24-67(51(38)71)43-9-10-44(69)61-50(43)70/h1,3-4,7-8,19-22,30,34-35,41,43,60,68H,5-6,9-18,23-29H2,(H,61,69,70)/t34-,35+,41?,43?. The molecule has 4 atom stereocenters. The Morgan fingerprint density at radius 2 is 1.68 bits per heavy atom. The molecule has 0 spiro atoms. The summed E-state index contributed by atoms with van der Waals surface area (Å²) in [6.07, 6.45) is 13.6. The number of aromatic hydroxyl groups is 1. The second-order valence-electron chi connectivity index (χ2n) is 21.4. The van der Waals surface area contributed by atoms with Crippen molar-refractivity contribution in [2.24, 2.45) is 11.3 Å². The van der Waals surface area contributed by atoms with Crippen LogP contribution in [0, 0.1) is 35.3 Å². The van der Waals surface area contributed by atoms with E-state index in [0.717, 1.165) is 58.2 Å². The average molecular weight is 986 g/mol. The molecule has 12 rings (SSSR count). The number of likely N-dealkylation sites (tertiary alicyclic amines) is 2. The van der Waals surface area contributed by atoms with Crippen LogP contribution in [0.3, 0.4) is 0 Å². The van der Waals surface area contributed by atoms with Gasteiger partial charge in [0.15, 0.2) is 5.82 Å². The van der Waals surface area contributed by atoms with Crippen LogP contribution < -0.4 is 20.3 Å². The molecule has 8 heterocycles. The molecule has 3 N–H and O–H groups in total. The van der Waals surface area contributed by atoms with Crippen molar-refractivity contribution in [1.82, 2.24) is 40.3 Å². The number of alkyl halides is 2. The number of pyridine rings is 1. The number of carbonyl (C=O) groups is 3. The van der Waals surface area contributed by atoms with E-state index in [1.165, 1.54) is 35.4 Å². The number of phenolic OH excluding ortho intramolecular Hbond substituents is 1. The van der Waals surface area contributed by atoms with Crippen molar-refractivity contribution in [3.63, 3.8) is 0 Å². The number of piperidine rings is 3. The number of phenols is 1. The Bertz CT molecular complexity index is 3090. The van der Waals surface area contributed by atoms with E-state index in [2.05, 4.69) is 36.3 Å². The van der Waals surface area contributed by atoms with Gasteiger partial charge in [0, 0.05) is 79.4 Å². The smallest absolute Gasteiger partial charge is 0.319 e. The average Bonchev–Trinajstić information content (AvgIpc) is 3.93. The molecule has 5 saturated heterocycles. The SMILES string of the molecule is C#Cc1c(F)ccc2cc(O)cc(-c3ncc4c(N5C[C@H]6CC[C@@H](C5)N6)nc(OCC5(CN6CCC(CN7CCC(c8ccc9c(c8)CN(C8CCC(=O)NC8=O)C9=O)C(F)(F)C7)CC6)CC5)nc4c3F)c12. The van der Waals surface area contributed by atoms with E-state index in [0.29, 0.717) is 66.1 Å². The lowest BCUT2D eigenvalue weighted by atomic mass is 9.84. The van der Waals surface area contributed by atoms with Crippen molar-refractivity contribution in [1.29, 1.82) is 0 Å². The van der Waals surface area contributed by atoms with Gasteiger partial charge in [-0.2, -0.15) is 9.97 Å². The zero-order chi connectivity index (χ0) is 49.6. The number of imide groups is 1. The number of anilines is 1. The summed E-state index contributed by atoms with van der Waals surface area (Å²) >= 11 is 0. The molecule has 3 amide bonds. The highest BCUT2D eigenvalue weighted by Crippen LogP contribution is 2.48. The van der Waals surface area contributed by atoms with Crippen LogP contribution in [0.2, 0.25) is 0 Å². The van der Waals surface area contributed by atoms with E-state index in [1.54, 1.807) is 18.2 Å². The lowest BCUT2D eigenvalue weighted by Gasteiger charge is -2.41. The van der Waals surface area contributed by atoms with Crippen molar-refractivity contribution in [2.45, 2.75) is 94.3 Å². The number of fused-ring (bicyclic) bond motifs is 5. The predicted molar refractivity (Wildman–Crippen MR) is 260 cm³/mol. The van der Waals surface area contributed by atoms with E-state index in [-0.39, 0.29) is 107 Å². The monoisotopic (exact) mass is 985 g/mol. The van der Waals surface area contributed by atoms with Crippen LogP contribution in [-0.4, -0.2) is 135 Å². The molecule has 2 aromatic heterocycles. The molecule has 7 aliphatic rings. The molecule has 2 bridgehead atoms. The van der Waals surface area contributed by atoms with Gasteiger partial charge in [0.25, 0.3) is 11.8 Å². The number of halogens is 4. The van der Waals surface area contributed by atoms with Crippen molar-refractivity contribution >= 4 is 45.2 Å². The number of hydrogen-bond donors (Lipinski definition) is 3. The minimum Gasteiger partial charge on any atom is -0.508 e. The summed E-state index contributed by atoms with van der Waals surface area (Å²) in [5, 5.41) is 17.7. The number of nitrogens with zero attached hydrogens (tertiary/aromatic N) is 7. The van der Waals surface area contributed by atoms with Crippen molar-refractivity contribution < 1.29 is 41.8 Å². The van der Waals surface area contributed by atoms with Crippen LogP contribution in [0.15, 0.2) is 48.7 Å². The Balaban J connectivity index is 0.696. The van der Waals surface area contributed by atoms with Gasteiger partial charge in [-0.05, 0) is 118 Å². The summed E-state index contributed by atoms with van der Waals surface area (Å²) in [5.41, 5.74) is 1.32. The van der Waals surface area contributed by atoms with Crippen molar-refractivity contribution in [3.8, 4) is 35.4 Å². The summed E-state index contributed by atoms with van der Waals surface area (Å²) in [4.78, 5) is 59.5. The maximum Gasteiger partial charge on any atom is 0.319 e. The zero-order valence-electron chi connectivity index (χ0n) is 39.7. The number of nitrogens with one attached hydrogen (secondary N) is 2. The maximum absolute atomic E-state index is 17.1. The molecule has 5 aromatic rings. The van der Waals surface area contributed by atoms with Gasteiger partial charge < -0.3 is 29.9 Å². The van der Waals surface area contributed by atoms with Gasteiger partial charge in [0.2, 0.25) is 11.8 Å². The topological polar surface area (TPSA) is 156 Å². The fourth-order valence-corrected chi connectivity index (χ4v) is 12.5. The Morgan fingerprint density at radius 1 is 0.903 bits per heavy atom. The third kappa shape index (κ3) is 8.56. The molecular weight excluding hydrogens is 931 g/mol. The Kier molecular flexibility index (Phi) is 11.6. The molecule has 14 nitrogen and oxygen atoms in total. The van der Waals surface area contributed by atoms with Gasteiger partial charge in [-0.1, -0.05) is 24.1 Å². The van der Waals surface area contributed by atoms with Crippen LogP contribution in [0.25, 0.3) is 32.9 Å². The number of terminal acetylenes is 1. The fourth-order valence-electron chi connectivity index (χ4n) is 12.5. The number of piperazine rings is 1. The molecule has 2 unspecified atom stereocenters. The van der Waals surface area contributed by atoms with Crippen LogP contribution in [0.5, 0.6) is 11.8 Å². The molecular formula is C54H55F4N9O5. The Morgan fingerprint density at radius 3 is 2.42 bits per heavy atom. The van der Waals surface area contributed by atoms with Gasteiger partial charge in [-0.25, -0.2) is 17.6 Å². The number of carbonyl (C=O) groups excluding carboxylic acids is 3. The van der Waals surface area contributed by atoms with Crippen LogP contribution in [-0.2, 0) is 16.1 Å². The molecule has 6 aliphatic heterocycles. The van der Waals surface area contributed by atoms with Gasteiger partial charge in [-0.15, -0.1) is 6.42 Å². The quantitative estimate of drug-likeness (QED) is 0.0751. The van der Waals surface area contributed by atoms with Gasteiger partial charge in [0.05, 0.1) is 30.0 Å². The minimum atomic E-state index is -2.98. The highest BCUT2D eigenvalue weighted by atomic mass is 19.3. The van der Waals surface area contributed by atoms with Crippen molar-refractivity contribution in [2.75, 3.05) is 63.9 Å². The summed E-state index contributed by atoms with van der Waals surface area (Å²) in [6, 6.07) is 10.2. The first-order valence-corrected chi connectivity index (χ1v) is 25.2. The Labute approximate surface area is 413 Å². The van der Waals surface area contributed by atoms with E-state index in [1.807, 2.05) is 4.90 Å². The predicted octanol–water partition coefficient (Wildman–Crippen LogP) is 6.51. The van der Waals surface area contributed by atoms with Gasteiger partial charge >= 0.3 is 6.01 Å². The van der Waals surface area contributed by atoms with E-state index in [9.17, 15) is 19.5 Å². The van der Waals surface area contributed by atoms with E-state index in [4.69, 9.17) is 16.1 Å². The molecule has 0 radical (unpaired) electrons. The normalized spacial score (nSPS) is 25.2. The first kappa shape index (κ1) is 46.6. The third-order valence-corrected chi connectivity index (χ3v) is 16.5. The molecule has 374 valence electrons. The minimum absolute atomic E-state index is 0.00375. The largest absolute Gasteiger partial charge is 0.508 e. The number of amides is 3. The fraction of sp³-hybridized carbons (Fsp3) is 0.481. The van der Waals surface area contributed by atoms with Crippen LogP contribution in [0.4, 0.5) is 23.4 Å². The first-order chi connectivity index (χ1) is 34.7. The molecule has 1 saturated carbocycles. The van der Waals surface area contributed by atoms with E-state index < -0.39 is 35.4 Å². The number of hydrogen-bond acceptors (Lipinski definition) is 12. The second-order valence-corrected chi connectivity index (χ2v) is 21.4. The highest BCUT2D eigenvalue weighted by molar-refractivity contribution is 6.06. The molecule has 18 heteroatoms. The molecule has 72 heavy (non-hydrogen) atoms. The summed E-state index contributed by atoms with van der Waals surface area (Å²) in [5.74, 6) is -3.54. The number of rotatable bonds is 11. The highest BCUT2D eigenvalue weighted by Gasteiger charge is 2.48. The first-order valence-electron chi connectivity index (χ1n) is 25.2.